The molecule has 1 fully saturated rings. The molecule has 0 bridgehead atoms. The summed E-state index contributed by atoms with van der Waals surface area (Å²) in [5, 5.41) is 11.6. The Balaban J connectivity index is 2.22. The number of rotatable bonds is 7. The number of carbonyl (C=O) groups excluding carboxylic acids is 2. The van der Waals surface area contributed by atoms with Crippen LogP contribution < -0.4 is 9.47 Å². The first-order valence-corrected chi connectivity index (χ1v) is 10.6. The second-order valence-electron chi connectivity index (χ2n) is 7.32. The van der Waals surface area contributed by atoms with Gasteiger partial charge in [-0.2, -0.15) is 0 Å². The summed E-state index contributed by atoms with van der Waals surface area (Å²) in [4.78, 5) is 27.3. The molecule has 1 aliphatic heterocycles. The maximum absolute atomic E-state index is 13.0. The molecule has 7 heteroatoms. The van der Waals surface area contributed by atoms with E-state index in [9.17, 15) is 14.7 Å². The highest BCUT2D eigenvalue weighted by Gasteiger charge is 2.46. The van der Waals surface area contributed by atoms with Gasteiger partial charge in [0.05, 0.1) is 35.9 Å². The van der Waals surface area contributed by atoms with E-state index in [2.05, 4.69) is 0 Å². The quantitative estimate of drug-likeness (QED) is 0.374. The topological polar surface area (TPSA) is 76.1 Å². The summed E-state index contributed by atoms with van der Waals surface area (Å²) >= 11 is 6.29. The molecule has 1 amide bonds. The highest BCUT2D eigenvalue weighted by molar-refractivity contribution is 6.46. The molecule has 164 valence electrons. The average molecular weight is 444 g/mol. The number of aliphatic hydroxyl groups is 1. The Bertz CT molecular complexity index is 1030. The van der Waals surface area contributed by atoms with Gasteiger partial charge in [0, 0.05) is 6.54 Å². The van der Waals surface area contributed by atoms with Crippen LogP contribution in [0.3, 0.4) is 0 Å². The normalized spacial score (nSPS) is 17.8. The minimum Gasteiger partial charge on any atom is -0.507 e. The lowest BCUT2D eigenvalue weighted by Crippen LogP contribution is -2.30. The number of hydrogen-bond acceptors (Lipinski definition) is 5. The van der Waals surface area contributed by atoms with Crippen molar-refractivity contribution >= 4 is 29.1 Å². The Morgan fingerprint density at radius 3 is 2.42 bits per heavy atom. The van der Waals surface area contributed by atoms with E-state index in [1.54, 1.807) is 36.4 Å². The van der Waals surface area contributed by atoms with E-state index in [1.165, 1.54) is 12.0 Å². The van der Waals surface area contributed by atoms with Gasteiger partial charge in [-0.05, 0) is 55.7 Å². The van der Waals surface area contributed by atoms with Crippen molar-refractivity contribution in [3.8, 4) is 11.5 Å². The SMILES string of the molecule is CCCN1C(=O)C(=O)/C(=C(/O)c2cc(C)cc(Cl)c2OC)C1c1ccc(OCC)cc1. The monoisotopic (exact) mass is 443 g/mol. The third-order valence-corrected chi connectivity index (χ3v) is 5.44. The van der Waals surface area contributed by atoms with Crippen LogP contribution in [-0.4, -0.2) is 42.0 Å². The van der Waals surface area contributed by atoms with Crippen LogP contribution in [0.2, 0.25) is 5.02 Å². The summed E-state index contributed by atoms with van der Waals surface area (Å²) in [7, 11) is 1.44. The molecule has 0 aliphatic carbocycles. The number of likely N-dealkylation sites (tertiary alicyclic amines) is 1. The number of ether oxygens (including phenoxy) is 2. The van der Waals surface area contributed by atoms with Gasteiger partial charge < -0.3 is 19.5 Å². The molecule has 1 atom stereocenters. The van der Waals surface area contributed by atoms with Gasteiger partial charge in [0.1, 0.15) is 17.3 Å². The largest absolute Gasteiger partial charge is 0.507 e. The van der Waals surface area contributed by atoms with Crippen LogP contribution in [0.1, 0.15) is 43.0 Å². The van der Waals surface area contributed by atoms with E-state index in [0.717, 1.165) is 5.56 Å². The van der Waals surface area contributed by atoms with Crippen LogP contribution in [-0.2, 0) is 9.59 Å². The zero-order chi connectivity index (χ0) is 22.7. The number of amides is 1. The average Bonchev–Trinajstić information content (AvgIpc) is 2.99. The van der Waals surface area contributed by atoms with Crippen molar-refractivity contribution in [2.75, 3.05) is 20.3 Å². The van der Waals surface area contributed by atoms with E-state index in [1.807, 2.05) is 20.8 Å². The molecule has 0 radical (unpaired) electrons. The number of hydrogen-bond donors (Lipinski definition) is 1. The van der Waals surface area contributed by atoms with E-state index in [-0.39, 0.29) is 22.6 Å². The lowest BCUT2D eigenvalue weighted by molar-refractivity contribution is -0.139. The summed E-state index contributed by atoms with van der Waals surface area (Å²) < 4.78 is 10.9. The van der Waals surface area contributed by atoms with Gasteiger partial charge in [-0.15, -0.1) is 0 Å². The Labute approximate surface area is 187 Å². The molecule has 1 aliphatic rings. The molecule has 3 rings (SSSR count). The van der Waals surface area contributed by atoms with Gasteiger partial charge in [0.2, 0.25) is 0 Å². The third kappa shape index (κ3) is 4.26. The van der Waals surface area contributed by atoms with E-state index in [4.69, 9.17) is 21.1 Å². The number of ketones is 1. The van der Waals surface area contributed by atoms with Crippen molar-refractivity contribution in [2.45, 2.75) is 33.2 Å². The summed E-state index contributed by atoms with van der Waals surface area (Å²) in [5.74, 6) is -0.745. The van der Waals surface area contributed by atoms with Crippen LogP contribution >= 0.6 is 11.6 Å². The minimum atomic E-state index is -0.732. The number of aryl methyl sites for hydroxylation is 1. The zero-order valence-electron chi connectivity index (χ0n) is 18.1. The maximum atomic E-state index is 13.0. The van der Waals surface area contributed by atoms with Crippen LogP contribution in [0, 0.1) is 6.92 Å². The second kappa shape index (κ2) is 9.43. The van der Waals surface area contributed by atoms with Crippen molar-refractivity contribution < 1.29 is 24.2 Å². The molecule has 0 spiro atoms. The summed E-state index contributed by atoms with van der Waals surface area (Å²) in [6, 6.07) is 9.85. The van der Waals surface area contributed by atoms with Crippen molar-refractivity contribution in [1.29, 1.82) is 0 Å². The number of aliphatic hydroxyl groups excluding tert-OH is 1. The van der Waals surface area contributed by atoms with Gasteiger partial charge in [-0.3, -0.25) is 9.59 Å². The highest BCUT2D eigenvalue weighted by atomic mass is 35.5. The van der Waals surface area contributed by atoms with Crippen molar-refractivity contribution in [2.24, 2.45) is 0 Å². The zero-order valence-corrected chi connectivity index (χ0v) is 18.8. The van der Waals surface area contributed by atoms with Gasteiger partial charge in [0.25, 0.3) is 11.7 Å². The molecule has 1 N–H and O–H groups in total. The van der Waals surface area contributed by atoms with Crippen molar-refractivity contribution in [1.82, 2.24) is 4.90 Å². The molecule has 1 heterocycles. The summed E-state index contributed by atoms with van der Waals surface area (Å²) in [5.41, 5.74) is 1.78. The smallest absolute Gasteiger partial charge is 0.295 e. The molecular weight excluding hydrogens is 418 g/mol. The first-order chi connectivity index (χ1) is 14.8. The Morgan fingerprint density at radius 1 is 1.16 bits per heavy atom. The summed E-state index contributed by atoms with van der Waals surface area (Å²) in [6.07, 6.45) is 0.667. The highest BCUT2D eigenvalue weighted by Crippen LogP contribution is 2.43. The van der Waals surface area contributed by atoms with E-state index < -0.39 is 17.7 Å². The van der Waals surface area contributed by atoms with Crippen LogP contribution in [0.15, 0.2) is 42.0 Å². The number of methoxy groups -OCH3 is 1. The standard InChI is InChI=1S/C24H26ClNO5/c1-5-11-26-20(15-7-9-16(10-8-15)31-6-2)19(22(28)24(26)29)21(27)17-12-14(3)13-18(25)23(17)30-4/h7-10,12-13,20,27H,5-6,11H2,1-4H3/b21-19+. The van der Waals surface area contributed by atoms with Crippen LogP contribution in [0.4, 0.5) is 0 Å². The Hall–Kier alpha value is -2.99. The van der Waals surface area contributed by atoms with Gasteiger partial charge in [-0.1, -0.05) is 30.7 Å². The van der Waals surface area contributed by atoms with Gasteiger partial charge >= 0.3 is 0 Å². The van der Waals surface area contributed by atoms with E-state index in [0.29, 0.717) is 35.9 Å². The molecule has 0 saturated carbocycles. The second-order valence-corrected chi connectivity index (χ2v) is 7.73. The molecule has 2 aromatic carbocycles. The van der Waals surface area contributed by atoms with Crippen molar-refractivity contribution in [3.05, 3.63) is 63.7 Å². The Morgan fingerprint density at radius 2 is 1.84 bits per heavy atom. The number of carbonyl (C=O) groups is 2. The summed E-state index contributed by atoms with van der Waals surface area (Å²) in [6.45, 7) is 6.55. The molecule has 6 nitrogen and oxygen atoms in total. The fourth-order valence-electron chi connectivity index (χ4n) is 3.87. The number of halogens is 1. The fourth-order valence-corrected chi connectivity index (χ4v) is 4.22. The fraction of sp³-hybridized carbons (Fsp3) is 0.333. The molecule has 2 aromatic rings. The predicted molar refractivity (Wildman–Crippen MR) is 120 cm³/mol. The predicted octanol–water partition coefficient (Wildman–Crippen LogP) is 4.89. The number of nitrogens with zero attached hydrogens (tertiary/aromatic N) is 1. The molecule has 0 aromatic heterocycles. The number of Topliss-reactive ketones (excluding diaryl/α,β-unsaturated/α-hetero) is 1. The Kier molecular flexibility index (Phi) is 6.91. The third-order valence-electron chi connectivity index (χ3n) is 5.16. The maximum Gasteiger partial charge on any atom is 0.295 e. The van der Waals surface area contributed by atoms with Crippen LogP contribution in [0.5, 0.6) is 11.5 Å². The molecule has 1 unspecified atom stereocenters. The van der Waals surface area contributed by atoms with E-state index >= 15 is 0 Å². The number of benzene rings is 2. The molecule has 1 saturated heterocycles. The lowest BCUT2D eigenvalue weighted by atomic mass is 9.94. The molecular formula is C24H26ClNO5. The first kappa shape index (κ1) is 22.7. The molecule has 31 heavy (non-hydrogen) atoms. The minimum absolute atomic E-state index is 0.0163. The van der Waals surface area contributed by atoms with Crippen molar-refractivity contribution in [3.63, 3.8) is 0 Å². The lowest BCUT2D eigenvalue weighted by Gasteiger charge is -2.25. The van der Waals surface area contributed by atoms with Gasteiger partial charge in [-0.25, -0.2) is 0 Å². The van der Waals surface area contributed by atoms with Gasteiger partial charge in [0.15, 0.2) is 0 Å². The van der Waals surface area contributed by atoms with Crippen LogP contribution in [0.25, 0.3) is 5.76 Å². The first-order valence-electron chi connectivity index (χ1n) is 10.2.